The van der Waals surface area contributed by atoms with Crippen LogP contribution in [0.3, 0.4) is 0 Å². The minimum atomic E-state index is -4.65. The molecule has 0 unspecified atom stereocenters. The van der Waals surface area contributed by atoms with Crippen molar-refractivity contribution in [3.63, 3.8) is 0 Å². The number of amides is 3. The number of alkyl halides is 4. The van der Waals surface area contributed by atoms with Crippen LogP contribution in [0.5, 0.6) is 11.5 Å². The first kappa shape index (κ1) is 28.5. The molecule has 3 aromatic rings. The molecule has 3 rings (SSSR count). The Balaban J connectivity index is 1.83. The number of ether oxygens (including phenoxy) is 1. The molecule has 0 saturated heterocycles. The van der Waals surface area contributed by atoms with Gasteiger partial charge in [-0.2, -0.15) is 0 Å². The minimum absolute atomic E-state index is 0.0532. The summed E-state index contributed by atoms with van der Waals surface area (Å²) in [6.45, 7) is 0. The van der Waals surface area contributed by atoms with Crippen molar-refractivity contribution in [2.45, 2.75) is 6.18 Å². The van der Waals surface area contributed by atoms with Crippen molar-refractivity contribution in [1.82, 2.24) is 9.88 Å². The van der Waals surface area contributed by atoms with E-state index < -0.39 is 44.0 Å². The van der Waals surface area contributed by atoms with Gasteiger partial charge in [0.05, 0.1) is 0 Å². The van der Waals surface area contributed by atoms with Gasteiger partial charge in [0.15, 0.2) is 0 Å². The number of benzene rings is 2. The molecule has 0 aliphatic rings. The monoisotopic (exact) mass is 647 g/mol. The van der Waals surface area contributed by atoms with Crippen LogP contribution in [-0.2, 0) is 6.18 Å². The number of urea groups is 1. The molecule has 198 valence electrons. The van der Waals surface area contributed by atoms with Crippen molar-refractivity contribution < 1.29 is 48.7 Å². The summed E-state index contributed by atoms with van der Waals surface area (Å²) in [6, 6.07) is 11.2. The van der Waals surface area contributed by atoms with E-state index in [-0.39, 0.29) is 17.3 Å². The predicted octanol–water partition coefficient (Wildman–Crippen LogP) is 2.83. The van der Waals surface area contributed by atoms with Crippen molar-refractivity contribution >= 4 is 34.9 Å². The van der Waals surface area contributed by atoms with Gasteiger partial charge >= 0.3 is 229 Å². The number of carbonyl (C=O) groups is 2. The fourth-order valence-electron chi connectivity index (χ4n) is 3.26. The first-order valence-electron chi connectivity index (χ1n) is 10.7. The number of aromatic nitrogens is 1. The second-order valence-electron chi connectivity index (χ2n) is 8.04. The number of carbonyl (C=O) groups excluding carboxylic acids is 2. The second kappa shape index (κ2) is 11.5. The molecule has 0 bridgehead atoms. The Morgan fingerprint density at radius 3 is 2.16 bits per heavy atom. The van der Waals surface area contributed by atoms with Crippen molar-refractivity contribution in [3.05, 3.63) is 74.6 Å². The van der Waals surface area contributed by atoms with Gasteiger partial charge in [0.25, 0.3) is 0 Å². The van der Waals surface area contributed by atoms with Gasteiger partial charge in [-0.25, -0.2) is 0 Å². The molecule has 12 heteroatoms. The summed E-state index contributed by atoms with van der Waals surface area (Å²) in [4.78, 5) is 35.3. The van der Waals surface area contributed by atoms with Crippen LogP contribution in [-0.4, -0.2) is 54.9 Å². The van der Waals surface area contributed by atoms with Crippen LogP contribution >= 0.6 is 11.6 Å². The first-order valence-corrected chi connectivity index (χ1v) is 14.3. The number of rotatable bonds is 6. The zero-order chi connectivity index (χ0) is 27.5. The van der Waals surface area contributed by atoms with Gasteiger partial charge in [-0.15, -0.1) is 0 Å². The Kier molecular flexibility index (Phi) is 8.90. The summed E-state index contributed by atoms with van der Waals surface area (Å²) in [6.07, 6.45) is -3.15. The third-order valence-electron chi connectivity index (χ3n) is 5.31. The molecular weight excluding hydrogens is 624 g/mol. The fourth-order valence-corrected chi connectivity index (χ4v) is 4.94. The summed E-state index contributed by atoms with van der Waals surface area (Å²) in [5.41, 5.74) is -0.169. The van der Waals surface area contributed by atoms with Gasteiger partial charge in [0, 0.05) is 0 Å². The van der Waals surface area contributed by atoms with Crippen LogP contribution in [0.4, 0.5) is 29.3 Å². The molecule has 0 N–H and O–H groups in total. The first-order chi connectivity index (χ1) is 17.3. The van der Waals surface area contributed by atoms with E-state index in [1.165, 1.54) is 36.2 Å². The summed E-state index contributed by atoms with van der Waals surface area (Å²) in [7, 11) is 6.19. The number of halogens is 5. The average Bonchev–Trinajstić information content (AvgIpc) is 2.86. The van der Waals surface area contributed by atoms with Gasteiger partial charge in [-0.1, -0.05) is 0 Å². The van der Waals surface area contributed by atoms with E-state index in [2.05, 4.69) is 4.98 Å². The maximum absolute atomic E-state index is 13.3. The van der Waals surface area contributed by atoms with Gasteiger partial charge in [-0.05, 0) is 0 Å². The molecule has 3 amide bonds. The maximum atomic E-state index is 13.3. The Bertz CT molecular complexity index is 1320. The molecule has 0 fully saturated rings. The van der Waals surface area contributed by atoms with E-state index in [0.29, 0.717) is 17.2 Å². The van der Waals surface area contributed by atoms with Crippen LogP contribution in [0.2, 0.25) is 5.02 Å². The van der Waals surface area contributed by atoms with Gasteiger partial charge in [0.2, 0.25) is 0 Å². The van der Waals surface area contributed by atoms with Crippen LogP contribution in [0, 0.1) is 3.57 Å². The average molecular weight is 648 g/mol. The van der Waals surface area contributed by atoms with Gasteiger partial charge in [-0.3, -0.25) is 0 Å². The van der Waals surface area contributed by atoms with E-state index in [9.17, 15) is 22.8 Å². The van der Waals surface area contributed by atoms with Gasteiger partial charge in [0.1, 0.15) is 0 Å². The molecule has 1 aromatic heterocycles. The molecular formula is C25H24ClF3IN4O3-. The van der Waals surface area contributed by atoms with E-state index >= 15 is 0 Å². The number of hydrogen-bond donors (Lipinski definition) is 0. The second-order valence-corrected chi connectivity index (χ2v) is 10.7. The van der Waals surface area contributed by atoms with Crippen LogP contribution in [0.1, 0.15) is 16.1 Å². The molecule has 0 aliphatic carbocycles. The van der Waals surface area contributed by atoms with Gasteiger partial charge < -0.3 is 0 Å². The summed E-state index contributed by atoms with van der Waals surface area (Å²) >= 11 is 5.21. The molecule has 0 saturated carbocycles. The van der Waals surface area contributed by atoms with Crippen LogP contribution in [0.15, 0.2) is 54.7 Å². The van der Waals surface area contributed by atoms with Crippen molar-refractivity contribution in [2.24, 2.45) is 0 Å². The zero-order valence-corrected chi connectivity index (χ0v) is 23.5. The fraction of sp³-hybridized carbons (Fsp3) is 0.240. The molecule has 0 aliphatic heterocycles. The predicted molar refractivity (Wildman–Crippen MR) is 132 cm³/mol. The van der Waals surface area contributed by atoms with Crippen LogP contribution < -0.4 is 35.7 Å². The number of pyridine rings is 1. The third kappa shape index (κ3) is 6.63. The van der Waals surface area contributed by atoms with Crippen molar-refractivity contribution in [2.75, 3.05) is 42.9 Å². The Morgan fingerprint density at radius 2 is 1.57 bits per heavy atom. The van der Waals surface area contributed by atoms with E-state index in [0.717, 1.165) is 20.6 Å². The molecule has 0 spiro atoms. The molecule has 0 radical (unpaired) electrons. The van der Waals surface area contributed by atoms with E-state index in [1.807, 2.05) is 11.0 Å². The summed E-state index contributed by atoms with van der Waals surface area (Å²) in [5, 5.41) is -0.440. The number of hydrogen-bond acceptors (Lipinski definition) is 4. The molecule has 37 heavy (non-hydrogen) atoms. The van der Waals surface area contributed by atoms with E-state index in [4.69, 9.17) is 16.3 Å². The quantitative estimate of drug-likeness (QED) is 0.305. The van der Waals surface area contributed by atoms with Crippen LogP contribution in [0.25, 0.3) is 0 Å². The Hall–Kier alpha value is -3.06. The summed E-state index contributed by atoms with van der Waals surface area (Å²) in [5.74, 6) is 0.769. The summed E-state index contributed by atoms with van der Waals surface area (Å²) < 4.78 is 46.7. The Morgan fingerprint density at radius 1 is 0.946 bits per heavy atom. The van der Waals surface area contributed by atoms with Crippen molar-refractivity contribution in [1.29, 1.82) is 0 Å². The zero-order valence-electron chi connectivity index (χ0n) is 20.6. The van der Waals surface area contributed by atoms with E-state index in [1.54, 1.807) is 38.4 Å². The SMILES string of the molecule is C[I-]c1cc(N(C)C(=O)N(C)c2ccc(Cl)c(C(F)(F)F)c2)ccc1Oc1ccnc(C(=O)N(C)C)c1. The van der Waals surface area contributed by atoms with Crippen molar-refractivity contribution in [3.8, 4) is 11.5 Å². The number of nitrogens with zero attached hydrogens (tertiary/aromatic N) is 4. The standard InChI is InChI=1S/C25H24ClF3IN4O3/c1-30-20-13-16(7-9-22(20)37-17-10-11-31-21(14-17)23(35)32(2)3)34(5)24(36)33(4)15-6-8-19(26)18(12-15)25(27,28)29/h6-14H,1-5H3/q-1. The number of anilines is 2. The molecule has 1 heterocycles. The molecule has 0 atom stereocenters. The Labute approximate surface area is 228 Å². The molecule has 2 aromatic carbocycles. The normalized spacial score (nSPS) is 11.3. The topological polar surface area (TPSA) is 66.0 Å². The third-order valence-corrected chi connectivity index (χ3v) is 7.64. The molecule has 7 nitrogen and oxygen atoms in total.